The number of aryl methyl sites for hydroxylation is 2. The van der Waals surface area contributed by atoms with Gasteiger partial charge in [-0.1, -0.05) is 44.5 Å². The monoisotopic (exact) mass is 354 g/mol. The number of fused-ring (bicyclic) bond motifs is 1. The zero-order chi connectivity index (χ0) is 18.5. The summed E-state index contributed by atoms with van der Waals surface area (Å²) in [4.78, 5) is 4.79. The summed E-state index contributed by atoms with van der Waals surface area (Å²) < 4.78 is 14.3. The van der Waals surface area contributed by atoms with Gasteiger partial charge in [-0.3, -0.25) is 0 Å². The Morgan fingerprint density at radius 1 is 1.12 bits per heavy atom. The maximum absolute atomic E-state index is 14.3. The van der Waals surface area contributed by atoms with Crippen LogP contribution in [0.15, 0.2) is 36.4 Å². The van der Waals surface area contributed by atoms with Crippen LogP contribution in [0.2, 0.25) is 0 Å². The van der Waals surface area contributed by atoms with E-state index in [0.29, 0.717) is 0 Å². The van der Waals surface area contributed by atoms with Crippen molar-refractivity contribution in [3.8, 4) is 0 Å². The molecule has 3 rings (SSSR count). The molecule has 0 fully saturated rings. The van der Waals surface area contributed by atoms with E-state index in [2.05, 4.69) is 55.0 Å². The average Bonchev–Trinajstić information content (AvgIpc) is 2.64. The molecule has 0 saturated heterocycles. The van der Waals surface area contributed by atoms with Crippen molar-refractivity contribution in [2.75, 3.05) is 29.9 Å². The van der Waals surface area contributed by atoms with Crippen molar-refractivity contribution >= 4 is 11.4 Å². The largest absolute Gasteiger partial charge is 0.370 e. The SMILES string of the molecule is CCCc1ccc(CN(C)c2cccc3c2N(CCC)CCC3)cc1F. The van der Waals surface area contributed by atoms with E-state index in [1.54, 1.807) is 6.07 Å². The lowest BCUT2D eigenvalue weighted by molar-refractivity contribution is 0.604. The fraction of sp³-hybridized carbons (Fsp3) is 0.478. The van der Waals surface area contributed by atoms with E-state index in [-0.39, 0.29) is 5.82 Å². The maximum atomic E-state index is 14.3. The lowest BCUT2D eigenvalue weighted by Gasteiger charge is -2.35. The van der Waals surface area contributed by atoms with Crippen molar-refractivity contribution < 1.29 is 4.39 Å². The predicted molar refractivity (Wildman–Crippen MR) is 110 cm³/mol. The normalized spacial score (nSPS) is 13.6. The Balaban J connectivity index is 1.84. The second-order valence-corrected chi connectivity index (χ2v) is 7.41. The summed E-state index contributed by atoms with van der Waals surface area (Å²) in [6.07, 6.45) is 5.31. The van der Waals surface area contributed by atoms with Crippen molar-refractivity contribution in [2.45, 2.75) is 52.5 Å². The minimum absolute atomic E-state index is 0.0690. The van der Waals surface area contributed by atoms with Gasteiger partial charge in [0, 0.05) is 26.7 Å². The van der Waals surface area contributed by atoms with Crippen LogP contribution in [0.25, 0.3) is 0 Å². The standard InChI is InChI=1S/C23H31FN2/c1-4-8-19-13-12-18(16-21(19)24)17-25(3)22-11-6-9-20-10-7-15-26(14-5-2)23(20)22/h6,9,11-13,16H,4-5,7-8,10,14-15,17H2,1-3H3. The Labute approximate surface area is 157 Å². The molecule has 2 aromatic rings. The molecule has 0 spiro atoms. The second-order valence-electron chi connectivity index (χ2n) is 7.41. The molecule has 2 nitrogen and oxygen atoms in total. The molecule has 26 heavy (non-hydrogen) atoms. The van der Waals surface area contributed by atoms with Crippen LogP contribution in [0.5, 0.6) is 0 Å². The molecule has 1 heterocycles. The summed E-state index contributed by atoms with van der Waals surface area (Å²) in [5.74, 6) is -0.0690. The van der Waals surface area contributed by atoms with Gasteiger partial charge in [-0.2, -0.15) is 0 Å². The maximum Gasteiger partial charge on any atom is 0.126 e. The number of nitrogens with zero attached hydrogens (tertiary/aromatic N) is 2. The summed E-state index contributed by atoms with van der Waals surface area (Å²) in [5, 5.41) is 0. The molecular formula is C23H31FN2. The van der Waals surface area contributed by atoms with Gasteiger partial charge in [-0.25, -0.2) is 4.39 Å². The van der Waals surface area contributed by atoms with E-state index in [9.17, 15) is 4.39 Å². The third-order valence-corrected chi connectivity index (χ3v) is 5.25. The summed E-state index contributed by atoms with van der Waals surface area (Å²) in [6.45, 7) is 7.27. The Bertz CT molecular complexity index is 741. The van der Waals surface area contributed by atoms with Crippen LogP contribution in [0.3, 0.4) is 0 Å². The van der Waals surface area contributed by atoms with Crippen LogP contribution in [-0.4, -0.2) is 20.1 Å². The second kappa shape index (κ2) is 8.57. The zero-order valence-electron chi connectivity index (χ0n) is 16.4. The van der Waals surface area contributed by atoms with Crippen LogP contribution in [0, 0.1) is 5.82 Å². The van der Waals surface area contributed by atoms with E-state index < -0.39 is 0 Å². The molecule has 0 amide bonds. The highest BCUT2D eigenvalue weighted by Crippen LogP contribution is 2.37. The van der Waals surface area contributed by atoms with E-state index in [0.717, 1.165) is 56.4 Å². The molecule has 0 saturated carbocycles. The Morgan fingerprint density at radius 2 is 1.96 bits per heavy atom. The minimum atomic E-state index is -0.0690. The zero-order valence-corrected chi connectivity index (χ0v) is 16.4. The van der Waals surface area contributed by atoms with Crippen LogP contribution >= 0.6 is 0 Å². The summed E-state index contributed by atoms with van der Waals surface area (Å²) >= 11 is 0. The molecule has 0 unspecified atom stereocenters. The van der Waals surface area contributed by atoms with Gasteiger partial charge in [0.25, 0.3) is 0 Å². The van der Waals surface area contributed by atoms with E-state index in [1.165, 1.54) is 23.4 Å². The van der Waals surface area contributed by atoms with Crippen molar-refractivity contribution in [1.82, 2.24) is 0 Å². The fourth-order valence-corrected chi connectivity index (χ4v) is 4.04. The Hall–Kier alpha value is -2.03. The highest BCUT2D eigenvalue weighted by molar-refractivity contribution is 5.75. The number of rotatable bonds is 7. The topological polar surface area (TPSA) is 6.48 Å². The number of hydrogen-bond acceptors (Lipinski definition) is 2. The number of anilines is 2. The Kier molecular flexibility index (Phi) is 6.18. The van der Waals surface area contributed by atoms with Gasteiger partial charge in [-0.05, 0) is 54.5 Å². The fourth-order valence-electron chi connectivity index (χ4n) is 4.04. The third kappa shape index (κ3) is 4.03. The molecule has 1 aliphatic heterocycles. The van der Waals surface area contributed by atoms with E-state index >= 15 is 0 Å². The number of para-hydroxylation sites is 1. The van der Waals surface area contributed by atoms with E-state index in [1.807, 2.05) is 6.07 Å². The average molecular weight is 355 g/mol. The van der Waals surface area contributed by atoms with Crippen LogP contribution in [0.4, 0.5) is 15.8 Å². The van der Waals surface area contributed by atoms with Gasteiger partial charge in [0.2, 0.25) is 0 Å². The smallest absolute Gasteiger partial charge is 0.126 e. The lowest BCUT2D eigenvalue weighted by Crippen LogP contribution is -2.32. The highest BCUT2D eigenvalue weighted by atomic mass is 19.1. The Morgan fingerprint density at radius 3 is 2.69 bits per heavy atom. The van der Waals surface area contributed by atoms with Gasteiger partial charge in [0.05, 0.1) is 11.4 Å². The molecular weight excluding hydrogens is 323 g/mol. The number of hydrogen-bond donors (Lipinski definition) is 0. The summed E-state index contributed by atoms with van der Waals surface area (Å²) in [5.41, 5.74) is 5.93. The molecule has 3 heteroatoms. The molecule has 0 N–H and O–H groups in total. The van der Waals surface area contributed by atoms with Crippen molar-refractivity contribution in [2.24, 2.45) is 0 Å². The first kappa shape index (κ1) is 18.8. The van der Waals surface area contributed by atoms with Gasteiger partial charge in [0.15, 0.2) is 0 Å². The first-order valence-corrected chi connectivity index (χ1v) is 9.99. The third-order valence-electron chi connectivity index (χ3n) is 5.25. The quantitative estimate of drug-likeness (QED) is 0.641. The van der Waals surface area contributed by atoms with Gasteiger partial charge < -0.3 is 9.80 Å². The van der Waals surface area contributed by atoms with Crippen molar-refractivity contribution in [3.05, 3.63) is 58.9 Å². The lowest BCUT2D eigenvalue weighted by atomic mass is 9.99. The predicted octanol–water partition coefficient (Wildman–Crippen LogP) is 5.58. The highest BCUT2D eigenvalue weighted by Gasteiger charge is 2.21. The minimum Gasteiger partial charge on any atom is -0.370 e. The molecule has 0 radical (unpaired) electrons. The number of benzene rings is 2. The van der Waals surface area contributed by atoms with Crippen LogP contribution in [-0.2, 0) is 19.4 Å². The first-order valence-electron chi connectivity index (χ1n) is 9.99. The van der Waals surface area contributed by atoms with E-state index in [4.69, 9.17) is 0 Å². The molecule has 0 aromatic heterocycles. The first-order chi connectivity index (χ1) is 12.6. The molecule has 0 bridgehead atoms. The van der Waals surface area contributed by atoms with Crippen LogP contribution < -0.4 is 9.80 Å². The molecule has 0 atom stereocenters. The van der Waals surface area contributed by atoms with Crippen molar-refractivity contribution in [3.63, 3.8) is 0 Å². The van der Waals surface area contributed by atoms with Crippen molar-refractivity contribution in [1.29, 1.82) is 0 Å². The molecule has 140 valence electrons. The summed E-state index contributed by atoms with van der Waals surface area (Å²) in [7, 11) is 2.12. The van der Waals surface area contributed by atoms with Crippen LogP contribution in [0.1, 0.15) is 49.8 Å². The molecule has 2 aromatic carbocycles. The summed E-state index contributed by atoms with van der Waals surface area (Å²) in [6, 6.07) is 12.4. The van der Waals surface area contributed by atoms with Gasteiger partial charge in [0.1, 0.15) is 5.82 Å². The van der Waals surface area contributed by atoms with Gasteiger partial charge >= 0.3 is 0 Å². The molecule has 1 aliphatic rings. The molecule has 0 aliphatic carbocycles. The number of halogens is 1. The van der Waals surface area contributed by atoms with Gasteiger partial charge in [-0.15, -0.1) is 0 Å².